The van der Waals surface area contributed by atoms with E-state index in [4.69, 9.17) is 5.73 Å². The zero-order valence-electron chi connectivity index (χ0n) is 11.8. The summed E-state index contributed by atoms with van der Waals surface area (Å²) in [5.74, 6) is 1.27. The van der Waals surface area contributed by atoms with Gasteiger partial charge < -0.3 is 15.5 Å². The van der Waals surface area contributed by atoms with Crippen LogP contribution in [0.5, 0.6) is 0 Å². The SMILES string of the molecule is CN1CCC(N(C)C(=O)C2CCC(CN)CC2)C1. The van der Waals surface area contributed by atoms with Crippen LogP contribution >= 0.6 is 0 Å². The number of amides is 1. The van der Waals surface area contributed by atoms with E-state index in [9.17, 15) is 4.79 Å². The highest BCUT2D eigenvalue weighted by atomic mass is 16.2. The fourth-order valence-corrected chi connectivity index (χ4v) is 3.34. The summed E-state index contributed by atoms with van der Waals surface area (Å²) >= 11 is 0. The largest absolute Gasteiger partial charge is 0.341 e. The summed E-state index contributed by atoms with van der Waals surface area (Å²) in [6.45, 7) is 2.92. The molecule has 1 atom stereocenters. The minimum Gasteiger partial charge on any atom is -0.341 e. The topological polar surface area (TPSA) is 49.6 Å². The van der Waals surface area contributed by atoms with E-state index in [0.29, 0.717) is 17.9 Å². The van der Waals surface area contributed by atoms with Crippen LogP contribution in [-0.4, -0.2) is 55.5 Å². The molecule has 104 valence electrons. The van der Waals surface area contributed by atoms with E-state index in [1.54, 1.807) is 0 Å². The Kier molecular flexibility index (Phi) is 4.62. The lowest BCUT2D eigenvalue weighted by Crippen LogP contribution is -2.43. The van der Waals surface area contributed by atoms with Crippen molar-refractivity contribution in [3.8, 4) is 0 Å². The van der Waals surface area contributed by atoms with E-state index >= 15 is 0 Å². The Bertz CT molecular complexity index is 287. The van der Waals surface area contributed by atoms with Gasteiger partial charge in [-0.25, -0.2) is 0 Å². The Morgan fingerprint density at radius 2 is 1.94 bits per heavy atom. The van der Waals surface area contributed by atoms with Crippen molar-refractivity contribution < 1.29 is 4.79 Å². The molecular formula is C14H27N3O. The monoisotopic (exact) mass is 253 g/mol. The Labute approximate surface area is 110 Å². The number of rotatable bonds is 3. The first kappa shape index (κ1) is 13.8. The molecule has 1 saturated carbocycles. The molecule has 0 aromatic carbocycles. The van der Waals surface area contributed by atoms with Crippen molar-refractivity contribution in [3.63, 3.8) is 0 Å². The molecule has 1 aliphatic carbocycles. The Morgan fingerprint density at radius 1 is 1.28 bits per heavy atom. The summed E-state index contributed by atoms with van der Waals surface area (Å²) < 4.78 is 0. The van der Waals surface area contributed by atoms with Gasteiger partial charge in [-0.2, -0.15) is 0 Å². The molecule has 1 amide bonds. The van der Waals surface area contributed by atoms with Crippen molar-refractivity contribution in [1.82, 2.24) is 9.80 Å². The number of hydrogen-bond acceptors (Lipinski definition) is 3. The van der Waals surface area contributed by atoms with E-state index in [0.717, 1.165) is 51.7 Å². The highest BCUT2D eigenvalue weighted by molar-refractivity contribution is 5.79. The highest BCUT2D eigenvalue weighted by Gasteiger charge is 2.32. The van der Waals surface area contributed by atoms with Crippen LogP contribution in [0.3, 0.4) is 0 Å². The second-order valence-corrected chi connectivity index (χ2v) is 6.11. The van der Waals surface area contributed by atoms with Crippen LogP contribution in [-0.2, 0) is 4.79 Å². The second-order valence-electron chi connectivity index (χ2n) is 6.11. The van der Waals surface area contributed by atoms with Crippen molar-refractivity contribution in [3.05, 3.63) is 0 Å². The van der Waals surface area contributed by atoms with Gasteiger partial charge in [0.25, 0.3) is 0 Å². The number of carbonyl (C=O) groups excluding carboxylic acids is 1. The van der Waals surface area contributed by atoms with Crippen LogP contribution in [0, 0.1) is 11.8 Å². The molecule has 2 fully saturated rings. The van der Waals surface area contributed by atoms with E-state index in [1.807, 2.05) is 11.9 Å². The summed E-state index contributed by atoms with van der Waals surface area (Å²) in [5, 5.41) is 0. The van der Waals surface area contributed by atoms with Gasteiger partial charge in [0.15, 0.2) is 0 Å². The Morgan fingerprint density at radius 3 is 2.44 bits per heavy atom. The minimum atomic E-state index is 0.253. The zero-order valence-corrected chi connectivity index (χ0v) is 11.8. The molecule has 0 aromatic rings. The minimum absolute atomic E-state index is 0.253. The van der Waals surface area contributed by atoms with Crippen LogP contribution in [0.15, 0.2) is 0 Å². The predicted molar refractivity (Wildman–Crippen MR) is 73.2 cm³/mol. The van der Waals surface area contributed by atoms with Crippen molar-refractivity contribution in [1.29, 1.82) is 0 Å². The van der Waals surface area contributed by atoms with Crippen LogP contribution in [0.25, 0.3) is 0 Å². The molecule has 0 spiro atoms. The summed E-state index contributed by atoms with van der Waals surface area (Å²) in [6, 6.07) is 0.426. The summed E-state index contributed by atoms with van der Waals surface area (Å²) in [6.07, 6.45) is 5.45. The van der Waals surface area contributed by atoms with E-state index in [1.165, 1.54) is 0 Å². The number of hydrogen-bond donors (Lipinski definition) is 1. The fraction of sp³-hybridized carbons (Fsp3) is 0.929. The van der Waals surface area contributed by atoms with Gasteiger partial charge in [-0.1, -0.05) is 0 Å². The quantitative estimate of drug-likeness (QED) is 0.813. The van der Waals surface area contributed by atoms with E-state index < -0.39 is 0 Å². The molecule has 1 aliphatic heterocycles. The van der Waals surface area contributed by atoms with Gasteiger partial charge in [0.1, 0.15) is 0 Å². The average molecular weight is 253 g/mol. The maximum atomic E-state index is 12.5. The van der Waals surface area contributed by atoms with Gasteiger partial charge in [-0.05, 0) is 58.2 Å². The maximum Gasteiger partial charge on any atom is 0.225 e. The molecule has 2 aliphatic rings. The number of carbonyl (C=O) groups is 1. The third-order valence-electron chi connectivity index (χ3n) is 4.79. The van der Waals surface area contributed by atoms with Crippen LogP contribution < -0.4 is 5.73 Å². The molecule has 1 unspecified atom stereocenters. The third kappa shape index (κ3) is 3.04. The van der Waals surface area contributed by atoms with Gasteiger partial charge in [0, 0.05) is 25.6 Å². The smallest absolute Gasteiger partial charge is 0.225 e. The van der Waals surface area contributed by atoms with Crippen molar-refractivity contribution in [2.24, 2.45) is 17.6 Å². The third-order valence-corrected chi connectivity index (χ3v) is 4.79. The van der Waals surface area contributed by atoms with Crippen molar-refractivity contribution in [2.45, 2.75) is 38.1 Å². The standard InChI is InChI=1S/C14H27N3O/c1-16-8-7-13(10-16)17(2)14(18)12-5-3-11(9-15)4-6-12/h11-13H,3-10,15H2,1-2H3. The number of likely N-dealkylation sites (tertiary alicyclic amines) is 1. The van der Waals surface area contributed by atoms with E-state index in [2.05, 4.69) is 11.9 Å². The highest BCUT2D eigenvalue weighted by Crippen LogP contribution is 2.30. The molecule has 1 heterocycles. The average Bonchev–Trinajstić information content (AvgIpc) is 2.84. The lowest BCUT2D eigenvalue weighted by molar-refractivity contribution is -0.137. The molecule has 2 rings (SSSR count). The number of likely N-dealkylation sites (N-methyl/N-ethyl adjacent to an activating group) is 2. The zero-order chi connectivity index (χ0) is 13.1. The normalized spacial score (nSPS) is 33.6. The second kappa shape index (κ2) is 6.02. The van der Waals surface area contributed by atoms with Crippen LogP contribution in [0.1, 0.15) is 32.1 Å². The van der Waals surface area contributed by atoms with Crippen molar-refractivity contribution in [2.75, 3.05) is 33.7 Å². The lowest BCUT2D eigenvalue weighted by atomic mass is 9.81. The molecule has 2 N–H and O–H groups in total. The molecule has 1 saturated heterocycles. The molecule has 4 heteroatoms. The van der Waals surface area contributed by atoms with Crippen LogP contribution in [0.4, 0.5) is 0 Å². The van der Waals surface area contributed by atoms with Gasteiger partial charge in [0.2, 0.25) is 5.91 Å². The van der Waals surface area contributed by atoms with Gasteiger partial charge in [-0.3, -0.25) is 4.79 Å². The first-order valence-electron chi connectivity index (χ1n) is 7.27. The van der Waals surface area contributed by atoms with Gasteiger partial charge >= 0.3 is 0 Å². The molecule has 0 radical (unpaired) electrons. The number of nitrogens with zero attached hydrogens (tertiary/aromatic N) is 2. The van der Waals surface area contributed by atoms with Crippen LogP contribution in [0.2, 0.25) is 0 Å². The van der Waals surface area contributed by atoms with E-state index in [-0.39, 0.29) is 5.92 Å². The maximum absolute atomic E-state index is 12.5. The molecular weight excluding hydrogens is 226 g/mol. The van der Waals surface area contributed by atoms with Gasteiger partial charge in [-0.15, -0.1) is 0 Å². The predicted octanol–water partition coefficient (Wildman–Crippen LogP) is 0.914. The summed E-state index contributed by atoms with van der Waals surface area (Å²) in [4.78, 5) is 16.8. The summed E-state index contributed by atoms with van der Waals surface area (Å²) in [7, 11) is 4.12. The Balaban J connectivity index is 1.84. The Hall–Kier alpha value is -0.610. The summed E-state index contributed by atoms with van der Waals surface area (Å²) in [5.41, 5.74) is 5.70. The fourth-order valence-electron chi connectivity index (χ4n) is 3.34. The molecule has 18 heavy (non-hydrogen) atoms. The molecule has 4 nitrogen and oxygen atoms in total. The first-order chi connectivity index (χ1) is 8.61. The first-order valence-corrected chi connectivity index (χ1v) is 7.27. The van der Waals surface area contributed by atoms with Gasteiger partial charge in [0.05, 0.1) is 0 Å². The van der Waals surface area contributed by atoms with Crippen molar-refractivity contribution >= 4 is 5.91 Å². The lowest BCUT2D eigenvalue weighted by Gasteiger charge is -2.32. The molecule has 0 bridgehead atoms. The number of nitrogens with two attached hydrogens (primary N) is 1. The molecule has 0 aromatic heterocycles.